The Hall–Kier alpha value is -3.19. The highest BCUT2D eigenvalue weighted by Gasteiger charge is 2.23. The highest BCUT2D eigenvalue weighted by atomic mass is 35.5. The molecule has 1 N–H and O–H groups in total. The number of pyridine rings is 1. The van der Waals surface area contributed by atoms with Gasteiger partial charge >= 0.3 is 0 Å². The SMILES string of the molecule is O=C(c1cnc(Nc2cccc(Cl)c2)nc1)N1CCN(c2ccccn2)CC1. The molecule has 1 aliphatic heterocycles. The summed E-state index contributed by atoms with van der Waals surface area (Å²) in [5.74, 6) is 1.29. The molecule has 1 saturated heterocycles. The molecule has 7 nitrogen and oxygen atoms in total. The van der Waals surface area contributed by atoms with E-state index < -0.39 is 0 Å². The second kappa shape index (κ2) is 8.22. The van der Waals surface area contributed by atoms with Crippen molar-refractivity contribution in [2.24, 2.45) is 0 Å². The second-order valence-electron chi connectivity index (χ2n) is 6.40. The Morgan fingerprint density at radius 1 is 0.964 bits per heavy atom. The molecule has 1 aliphatic rings. The Kier molecular flexibility index (Phi) is 5.34. The van der Waals surface area contributed by atoms with E-state index >= 15 is 0 Å². The number of carbonyl (C=O) groups excluding carboxylic acids is 1. The molecule has 0 unspecified atom stereocenters. The van der Waals surface area contributed by atoms with Gasteiger partial charge in [0.25, 0.3) is 5.91 Å². The lowest BCUT2D eigenvalue weighted by atomic mass is 10.2. The lowest BCUT2D eigenvalue weighted by Gasteiger charge is -2.35. The first-order chi connectivity index (χ1) is 13.7. The van der Waals surface area contributed by atoms with Crippen LogP contribution in [-0.4, -0.2) is 51.9 Å². The molecule has 28 heavy (non-hydrogen) atoms. The summed E-state index contributed by atoms with van der Waals surface area (Å²) in [6.07, 6.45) is 4.88. The van der Waals surface area contributed by atoms with Crippen LogP contribution in [0.1, 0.15) is 10.4 Å². The number of piperazine rings is 1. The van der Waals surface area contributed by atoms with Crippen molar-refractivity contribution in [1.82, 2.24) is 19.9 Å². The van der Waals surface area contributed by atoms with Crippen molar-refractivity contribution >= 4 is 35.0 Å². The molecule has 0 bridgehead atoms. The van der Waals surface area contributed by atoms with Crippen molar-refractivity contribution in [2.45, 2.75) is 0 Å². The van der Waals surface area contributed by atoms with Gasteiger partial charge in [-0.2, -0.15) is 0 Å². The number of aromatic nitrogens is 3. The second-order valence-corrected chi connectivity index (χ2v) is 6.83. The molecule has 0 spiro atoms. The van der Waals surface area contributed by atoms with Crippen LogP contribution in [0.2, 0.25) is 5.02 Å². The third-order valence-corrected chi connectivity index (χ3v) is 4.75. The zero-order valence-electron chi connectivity index (χ0n) is 15.1. The molecule has 3 aromatic rings. The van der Waals surface area contributed by atoms with Crippen molar-refractivity contribution in [3.8, 4) is 0 Å². The minimum Gasteiger partial charge on any atom is -0.353 e. The molecule has 0 saturated carbocycles. The number of rotatable bonds is 4. The molecule has 2 aromatic heterocycles. The van der Waals surface area contributed by atoms with E-state index in [1.165, 1.54) is 0 Å². The number of amides is 1. The molecule has 0 atom stereocenters. The predicted octanol–water partition coefficient (Wildman–Crippen LogP) is 3.23. The molecule has 1 aromatic carbocycles. The molecule has 3 heterocycles. The monoisotopic (exact) mass is 394 g/mol. The standard InChI is InChI=1S/C20H19ClN6O/c21-16-4-3-5-17(12-16)25-20-23-13-15(14-24-20)19(28)27-10-8-26(9-11-27)18-6-1-2-7-22-18/h1-7,12-14H,8-11H2,(H,23,24,25). The Balaban J connectivity index is 1.36. The smallest absolute Gasteiger partial charge is 0.257 e. The Labute approximate surface area is 168 Å². The van der Waals surface area contributed by atoms with Crippen LogP contribution >= 0.6 is 11.6 Å². The van der Waals surface area contributed by atoms with Gasteiger partial charge in [-0.1, -0.05) is 23.7 Å². The molecule has 142 valence electrons. The predicted molar refractivity (Wildman–Crippen MR) is 109 cm³/mol. The van der Waals surface area contributed by atoms with Crippen LogP contribution in [0, 0.1) is 0 Å². The minimum atomic E-state index is -0.0602. The van der Waals surface area contributed by atoms with E-state index in [2.05, 4.69) is 25.2 Å². The van der Waals surface area contributed by atoms with E-state index in [4.69, 9.17) is 11.6 Å². The first-order valence-electron chi connectivity index (χ1n) is 8.99. The quantitative estimate of drug-likeness (QED) is 0.732. The van der Waals surface area contributed by atoms with E-state index in [0.29, 0.717) is 29.6 Å². The summed E-state index contributed by atoms with van der Waals surface area (Å²) in [4.78, 5) is 29.6. The van der Waals surface area contributed by atoms with Gasteiger partial charge in [0.2, 0.25) is 5.95 Å². The average Bonchev–Trinajstić information content (AvgIpc) is 2.75. The van der Waals surface area contributed by atoms with Crippen molar-refractivity contribution in [2.75, 3.05) is 36.4 Å². The molecular weight excluding hydrogens is 376 g/mol. The number of hydrogen-bond donors (Lipinski definition) is 1. The van der Waals surface area contributed by atoms with Gasteiger partial charge in [0.15, 0.2) is 0 Å². The molecule has 1 amide bonds. The molecule has 1 fully saturated rings. The number of nitrogens with one attached hydrogen (secondary N) is 1. The molecule has 8 heteroatoms. The third kappa shape index (κ3) is 4.20. The zero-order valence-corrected chi connectivity index (χ0v) is 15.9. The maximum atomic E-state index is 12.7. The topological polar surface area (TPSA) is 74.2 Å². The van der Waals surface area contributed by atoms with Crippen molar-refractivity contribution in [3.05, 3.63) is 71.6 Å². The molecule has 0 aliphatic carbocycles. The van der Waals surface area contributed by atoms with E-state index in [0.717, 1.165) is 24.6 Å². The molecular formula is C20H19ClN6O. The lowest BCUT2D eigenvalue weighted by molar-refractivity contribution is 0.0745. The molecule has 0 radical (unpaired) electrons. The van der Waals surface area contributed by atoms with Gasteiger partial charge < -0.3 is 15.1 Å². The fraction of sp³-hybridized carbons (Fsp3) is 0.200. The van der Waals surface area contributed by atoms with Crippen molar-refractivity contribution in [1.29, 1.82) is 0 Å². The summed E-state index contributed by atoms with van der Waals surface area (Å²) >= 11 is 5.97. The summed E-state index contributed by atoms with van der Waals surface area (Å²) in [5, 5.41) is 3.70. The number of halogens is 1. The van der Waals surface area contributed by atoms with Crippen LogP contribution in [-0.2, 0) is 0 Å². The minimum absolute atomic E-state index is 0.0602. The number of benzene rings is 1. The Morgan fingerprint density at radius 3 is 2.43 bits per heavy atom. The van der Waals surface area contributed by atoms with Gasteiger partial charge in [0.1, 0.15) is 5.82 Å². The maximum absolute atomic E-state index is 12.7. The number of nitrogens with zero attached hydrogens (tertiary/aromatic N) is 5. The van der Waals surface area contributed by atoms with E-state index in [-0.39, 0.29) is 5.91 Å². The van der Waals surface area contributed by atoms with Crippen LogP contribution in [0.5, 0.6) is 0 Å². The lowest BCUT2D eigenvalue weighted by Crippen LogP contribution is -2.49. The third-order valence-electron chi connectivity index (χ3n) is 4.52. The van der Waals surface area contributed by atoms with E-state index in [1.807, 2.05) is 35.2 Å². The first kappa shape index (κ1) is 18.2. The number of carbonyl (C=O) groups is 1. The summed E-state index contributed by atoms with van der Waals surface area (Å²) < 4.78 is 0. The molecule has 4 rings (SSSR count). The fourth-order valence-corrected chi connectivity index (χ4v) is 3.25. The van der Waals surface area contributed by atoms with Crippen LogP contribution in [0.15, 0.2) is 61.1 Å². The highest BCUT2D eigenvalue weighted by Crippen LogP contribution is 2.18. The van der Waals surface area contributed by atoms with Crippen molar-refractivity contribution < 1.29 is 4.79 Å². The van der Waals surface area contributed by atoms with E-state index in [9.17, 15) is 4.79 Å². The van der Waals surface area contributed by atoms with Gasteiger partial charge in [-0.15, -0.1) is 0 Å². The van der Waals surface area contributed by atoms with Crippen LogP contribution in [0.4, 0.5) is 17.5 Å². The average molecular weight is 395 g/mol. The van der Waals surface area contributed by atoms with Gasteiger partial charge in [-0.05, 0) is 30.3 Å². The van der Waals surface area contributed by atoms with Crippen LogP contribution in [0.25, 0.3) is 0 Å². The van der Waals surface area contributed by atoms with Crippen LogP contribution in [0.3, 0.4) is 0 Å². The Bertz CT molecular complexity index is 942. The normalized spacial score (nSPS) is 14.0. The van der Waals surface area contributed by atoms with E-state index in [1.54, 1.807) is 30.7 Å². The summed E-state index contributed by atoms with van der Waals surface area (Å²) in [5.41, 5.74) is 1.26. The van der Waals surface area contributed by atoms with Gasteiger partial charge in [0, 0.05) is 55.5 Å². The first-order valence-corrected chi connectivity index (χ1v) is 9.37. The van der Waals surface area contributed by atoms with Gasteiger partial charge in [-0.25, -0.2) is 15.0 Å². The van der Waals surface area contributed by atoms with Gasteiger partial charge in [-0.3, -0.25) is 4.79 Å². The fourth-order valence-electron chi connectivity index (χ4n) is 3.06. The number of anilines is 3. The largest absolute Gasteiger partial charge is 0.353 e. The number of hydrogen-bond acceptors (Lipinski definition) is 6. The zero-order chi connectivity index (χ0) is 19.3. The van der Waals surface area contributed by atoms with Gasteiger partial charge in [0.05, 0.1) is 5.56 Å². The summed E-state index contributed by atoms with van der Waals surface area (Å²) in [6.45, 7) is 2.77. The van der Waals surface area contributed by atoms with Crippen LogP contribution < -0.4 is 10.2 Å². The summed E-state index contributed by atoms with van der Waals surface area (Å²) in [7, 11) is 0. The van der Waals surface area contributed by atoms with Crippen molar-refractivity contribution in [3.63, 3.8) is 0 Å². The highest BCUT2D eigenvalue weighted by molar-refractivity contribution is 6.30. The maximum Gasteiger partial charge on any atom is 0.257 e. The Morgan fingerprint density at radius 2 is 1.75 bits per heavy atom. The summed E-state index contributed by atoms with van der Waals surface area (Å²) in [6, 6.07) is 13.1.